The Morgan fingerprint density at radius 1 is 1.23 bits per heavy atom. The van der Waals surface area contributed by atoms with Crippen LogP contribution in [0.5, 0.6) is 11.5 Å². The summed E-state index contributed by atoms with van der Waals surface area (Å²) in [6.45, 7) is -1.08. The van der Waals surface area contributed by atoms with E-state index in [-0.39, 0.29) is 41.1 Å². The summed E-state index contributed by atoms with van der Waals surface area (Å²) in [5.74, 6) is -0.723. The van der Waals surface area contributed by atoms with Gasteiger partial charge in [-0.05, 0) is 30.7 Å². The summed E-state index contributed by atoms with van der Waals surface area (Å²) >= 11 is 0. The molecule has 0 saturated heterocycles. The Labute approximate surface area is 174 Å². The number of aromatic nitrogens is 4. The van der Waals surface area contributed by atoms with Crippen LogP contribution in [0.2, 0.25) is 0 Å². The molecule has 0 spiro atoms. The lowest BCUT2D eigenvalue weighted by Crippen LogP contribution is -2.24. The van der Waals surface area contributed by atoms with Crippen LogP contribution in [0.1, 0.15) is 29.7 Å². The van der Waals surface area contributed by atoms with Crippen molar-refractivity contribution in [3.63, 3.8) is 0 Å². The van der Waals surface area contributed by atoms with Crippen molar-refractivity contribution < 1.29 is 32.3 Å². The molecule has 0 aliphatic heterocycles. The number of ether oxygens (including phenoxy) is 3. The summed E-state index contributed by atoms with van der Waals surface area (Å²) in [6, 6.07) is 6.64. The lowest BCUT2D eigenvalue weighted by atomic mass is 10.2. The number of halogens is 2. The van der Waals surface area contributed by atoms with E-state index in [1.165, 1.54) is 42.1 Å². The molecule has 0 unspecified atom stereocenters. The largest absolute Gasteiger partial charge is 0.493 e. The normalized spacial score (nSPS) is 10.9. The van der Waals surface area contributed by atoms with Crippen LogP contribution in [-0.2, 0) is 17.9 Å². The standard InChI is InChI=1S/C19H18F2N4O6/c1-3-8-25-16(26)7-5-12(23-25)18(27)29-10-15-22-17(24-31-15)11-4-6-13(30-19(20)21)14(9-11)28-2/h4-7,9,19H,3,8,10H2,1-2H3. The molecule has 164 valence electrons. The molecule has 31 heavy (non-hydrogen) atoms. The number of rotatable bonds is 9. The van der Waals surface area contributed by atoms with Crippen LogP contribution in [0.15, 0.2) is 39.6 Å². The molecule has 2 aromatic heterocycles. The summed E-state index contributed by atoms with van der Waals surface area (Å²) < 4.78 is 45.6. The van der Waals surface area contributed by atoms with Crippen LogP contribution in [-0.4, -0.2) is 39.6 Å². The third-order valence-corrected chi connectivity index (χ3v) is 3.94. The maximum atomic E-state index is 12.4. The number of carbonyl (C=O) groups is 1. The second-order valence-corrected chi connectivity index (χ2v) is 6.11. The second-order valence-electron chi connectivity index (χ2n) is 6.11. The van der Waals surface area contributed by atoms with Gasteiger partial charge in [0.25, 0.3) is 11.4 Å². The van der Waals surface area contributed by atoms with Crippen molar-refractivity contribution in [1.82, 2.24) is 19.9 Å². The number of alkyl halides is 2. The lowest BCUT2D eigenvalue weighted by Gasteiger charge is -2.10. The zero-order valence-electron chi connectivity index (χ0n) is 16.6. The number of nitrogens with zero attached hydrogens (tertiary/aromatic N) is 4. The minimum Gasteiger partial charge on any atom is -0.493 e. The van der Waals surface area contributed by atoms with Crippen LogP contribution >= 0.6 is 0 Å². The average molecular weight is 436 g/mol. The van der Waals surface area contributed by atoms with E-state index in [1.54, 1.807) is 0 Å². The van der Waals surface area contributed by atoms with E-state index in [2.05, 4.69) is 20.0 Å². The number of carbonyl (C=O) groups excluding carboxylic acids is 1. The summed E-state index contributed by atoms with van der Waals surface area (Å²) in [7, 11) is 1.30. The van der Waals surface area contributed by atoms with Gasteiger partial charge in [0.1, 0.15) is 0 Å². The Kier molecular flexibility index (Phi) is 6.90. The highest BCUT2D eigenvalue weighted by Gasteiger charge is 2.17. The summed E-state index contributed by atoms with van der Waals surface area (Å²) in [4.78, 5) is 28.0. The minimum atomic E-state index is -3.00. The number of benzene rings is 1. The van der Waals surface area contributed by atoms with Crippen LogP contribution in [0.25, 0.3) is 11.4 Å². The van der Waals surface area contributed by atoms with E-state index >= 15 is 0 Å². The molecule has 0 N–H and O–H groups in total. The molecular weight excluding hydrogens is 418 g/mol. The van der Waals surface area contributed by atoms with E-state index in [1.807, 2.05) is 6.92 Å². The van der Waals surface area contributed by atoms with Gasteiger partial charge in [0, 0.05) is 18.2 Å². The number of aryl methyl sites for hydroxylation is 1. The number of hydrogen-bond acceptors (Lipinski definition) is 9. The van der Waals surface area contributed by atoms with Crippen molar-refractivity contribution in [1.29, 1.82) is 0 Å². The molecule has 3 aromatic rings. The van der Waals surface area contributed by atoms with E-state index < -0.39 is 12.6 Å². The molecule has 0 saturated carbocycles. The predicted octanol–water partition coefficient (Wildman–Crippen LogP) is 2.67. The third-order valence-electron chi connectivity index (χ3n) is 3.94. The first-order chi connectivity index (χ1) is 14.9. The molecule has 1 aromatic carbocycles. The lowest BCUT2D eigenvalue weighted by molar-refractivity contribution is -0.0512. The molecule has 0 aliphatic carbocycles. The van der Waals surface area contributed by atoms with Crippen LogP contribution < -0.4 is 15.0 Å². The Morgan fingerprint density at radius 3 is 2.74 bits per heavy atom. The zero-order chi connectivity index (χ0) is 22.4. The van der Waals surface area contributed by atoms with Gasteiger partial charge in [-0.3, -0.25) is 4.79 Å². The first-order valence-corrected chi connectivity index (χ1v) is 9.12. The molecule has 0 radical (unpaired) electrons. The number of methoxy groups -OCH3 is 1. The molecule has 0 aliphatic rings. The molecule has 12 heteroatoms. The van der Waals surface area contributed by atoms with Gasteiger partial charge in [-0.1, -0.05) is 12.1 Å². The maximum Gasteiger partial charge on any atom is 0.387 e. The number of hydrogen-bond donors (Lipinski definition) is 0. The quantitative estimate of drug-likeness (QED) is 0.466. The van der Waals surface area contributed by atoms with E-state index in [4.69, 9.17) is 14.0 Å². The van der Waals surface area contributed by atoms with E-state index in [0.29, 0.717) is 18.5 Å². The smallest absolute Gasteiger partial charge is 0.387 e. The van der Waals surface area contributed by atoms with Crippen molar-refractivity contribution in [2.75, 3.05) is 7.11 Å². The van der Waals surface area contributed by atoms with Gasteiger partial charge < -0.3 is 18.7 Å². The van der Waals surface area contributed by atoms with Gasteiger partial charge in [-0.15, -0.1) is 0 Å². The van der Waals surface area contributed by atoms with Crippen LogP contribution in [0.4, 0.5) is 8.78 Å². The van der Waals surface area contributed by atoms with Gasteiger partial charge in [0.15, 0.2) is 23.8 Å². The molecule has 10 nitrogen and oxygen atoms in total. The topological polar surface area (TPSA) is 119 Å². The second kappa shape index (κ2) is 9.78. The fourth-order valence-electron chi connectivity index (χ4n) is 2.56. The fourth-order valence-corrected chi connectivity index (χ4v) is 2.56. The molecule has 0 fully saturated rings. The number of esters is 1. The summed E-state index contributed by atoms with van der Waals surface area (Å²) in [5.41, 5.74) is 0.0561. The van der Waals surface area contributed by atoms with E-state index in [9.17, 15) is 18.4 Å². The van der Waals surface area contributed by atoms with Crippen molar-refractivity contribution in [3.8, 4) is 22.9 Å². The Morgan fingerprint density at radius 2 is 2.03 bits per heavy atom. The molecule has 0 amide bonds. The first kappa shape index (κ1) is 21.9. The molecular formula is C19H18F2N4O6. The van der Waals surface area contributed by atoms with Crippen molar-refractivity contribution in [2.24, 2.45) is 0 Å². The van der Waals surface area contributed by atoms with Gasteiger partial charge in [0.05, 0.1) is 7.11 Å². The summed E-state index contributed by atoms with van der Waals surface area (Å²) in [5, 5.41) is 7.73. The van der Waals surface area contributed by atoms with Crippen molar-refractivity contribution in [3.05, 3.63) is 52.3 Å². The molecule has 0 bridgehead atoms. The fraction of sp³-hybridized carbons (Fsp3) is 0.316. The van der Waals surface area contributed by atoms with Gasteiger partial charge in [-0.2, -0.15) is 18.9 Å². The predicted molar refractivity (Wildman–Crippen MR) is 101 cm³/mol. The third kappa shape index (κ3) is 5.41. The SMILES string of the molecule is CCCn1nc(C(=O)OCc2nc(-c3ccc(OC(F)F)c(OC)c3)no2)ccc1=O. The molecule has 2 heterocycles. The monoisotopic (exact) mass is 436 g/mol. The maximum absolute atomic E-state index is 12.4. The highest BCUT2D eigenvalue weighted by Crippen LogP contribution is 2.32. The Bertz CT molecular complexity index is 1110. The minimum absolute atomic E-state index is 0.00268. The average Bonchev–Trinajstić information content (AvgIpc) is 3.22. The Hall–Kier alpha value is -3.83. The highest BCUT2D eigenvalue weighted by molar-refractivity contribution is 5.86. The van der Waals surface area contributed by atoms with Gasteiger partial charge in [0.2, 0.25) is 5.82 Å². The zero-order valence-corrected chi connectivity index (χ0v) is 16.6. The van der Waals surface area contributed by atoms with Crippen LogP contribution in [0.3, 0.4) is 0 Å². The van der Waals surface area contributed by atoms with Gasteiger partial charge >= 0.3 is 12.6 Å². The molecule has 0 atom stereocenters. The van der Waals surface area contributed by atoms with Crippen molar-refractivity contribution >= 4 is 5.97 Å². The van der Waals surface area contributed by atoms with Gasteiger partial charge in [-0.25, -0.2) is 9.48 Å². The summed E-state index contributed by atoms with van der Waals surface area (Å²) in [6.07, 6.45) is 0.677. The van der Waals surface area contributed by atoms with E-state index in [0.717, 1.165) is 0 Å². The van der Waals surface area contributed by atoms with Crippen molar-refractivity contribution in [2.45, 2.75) is 33.1 Å². The van der Waals surface area contributed by atoms with Crippen LogP contribution in [0, 0.1) is 0 Å². The Balaban J connectivity index is 1.68. The molecule has 3 rings (SSSR count). The first-order valence-electron chi connectivity index (χ1n) is 9.12. The highest BCUT2D eigenvalue weighted by atomic mass is 19.3.